The van der Waals surface area contributed by atoms with Gasteiger partial charge in [-0.3, -0.25) is 0 Å². The van der Waals surface area contributed by atoms with Gasteiger partial charge in [0.15, 0.2) is 0 Å². The second-order valence-corrected chi connectivity index (χ2v) is 32.4. The van der Waals surface area contributed by atoms with E-state index in [1.807, 2.05) is 0 Å². The molecule has 0 amide bonds. The van der Waals surface area contributed by atoms with Crippen LogP contribution in [0.1, 0.15) is 25.7 Å². The van der Waals surface area contributed by atoms with Gasteiger partial charge in [0.05, 0.1) is 6.16 Å². The summed E-state index contributed by atoms with van der Waals surface area (Å²) in [5.41, 5.74) is 0. The van der Waals surface area contributed by atoms with Crippen molar-refractivity contribution in [1.29, 1.82) is 0 Å². The molecule has 0 atom stereocenters. The predicted octanol–water partition coefficient (Wildman–Crippen LogP) is 19.4. The van der Waals surface area contributed by atoms with Crippen LogP contribution in [0.3, 0.4) is 0 Å². The number of hydrogen-bond donors (Lipinski definition) is 0. The molecular weight excluding hydrogens is 1650 g/mol. The van der Waals surface area contributed by atoms with Crippen LogP contribution in [-0.4, -0.2) is 32.7 Å². The van der Waals surface area contributed by atoms with Crippen LogP contribution in [0.2, 0.25) is 0 Å². The summed E-state index contributed by atoms with van der Waals surface area (Å²) in [7, 11) is -2.46. The molecule has 0 radical (unpaired) electrons. The Hall–Kier alpha value is -5.14. The normalized spacial score (nSPS) is 12.3. The highest BCUT2D eigenvalue weighted by molar-refractivity contribution is 14.1. The Morgan fingerprint density at radius 2 is 0.678 bits per heavy atom. The van der Waals surface area contributed by atoms with Gasteiger partial charge in [-0.25, -0.2) is 0 Å². The van der Waals surface area contributed by atoms with Crippen molar-refractivity contribution < 1.29 is 28.7 Å². The summed E-state index contributed by atoms with van der Waals surface area (Å²) < 4.78 is 9.90. The zero-order valence-electron chi connectivity index (χ0n) is 49.9. The molecule has 0 aliphatic carbocycles. The molecule has 1 heterocycles. The van der Waals surface area contributed by atoms with Gasteiger partial charge in [-0.1, -0.05) is 326 Å². The van der Waals surface area contributed by atoms with Crippen LogP contribution < -0.4 is 55.8 Å². The lowest BCUT2D eigenvalue weighted by atomic mass is 9.94. The minimum Gasteiger partial charge on any atom is -1.00 e. The summed E-state index contributed by atoms with van der Waals surface area (Å²) in [6.07, 6.45) is 6.31. The van der Waals surface area contributed by atoms with Crippen LogP contribution in [0.4, 0.5) is 0 Å². The first-order valence-corrected chi connectivity index (χ1v) is 39.5. The standard InChI is InChI=1S/C31H25IP.C28H19P.C16H9Br.C4H8O.C3H6I2.HI/c32-21-8-22-33(26-11-3-1-4-12-26,27-13-5-2-6-14-27)29-20-18-25-16-15-23-9-7-10-24-17-19-28(29)31(25)30(23)24;1-3-10-23(11-4-1)29(24-12-5-2-6-13-24)26-19-17-22-15-14-20-8-7-9-21-16-18-25(26)28(22)27(20)21;17-14-9-7-12-5-4-10-2-1-3-11-6-8-13(14)16(12)15(10)11;1-2-4-5-3-1;4-2-1-3-5;/h1-7,9-20H,8,21-22H2;1-19H;1-9H;1-4H2;1-3H2;1H/q+1;;;;;/p-1. The van der Waals surface area contributed by atoms with Gasteiger partial charge in [-0.2, -0.15) is 0 Å². The van der Waals surface area contributed by atoms with Crippen molar-refractivity contribution in [3.05, 3.63) is 290 Å². The quantitative estimate of drug-likeness (QED) is 0.0543. The first kappa shape index (κ1) is 64.9. The van der Waals surface area contributed by atoms with Gasteiger partial charge >= 0.3 is 0 Å². The Morgan fingerprint density at radius 3 is 1.09 bits per heavy atom. The maximum absolute atomic E-state index is 4.94. The van der Waals surface area contributed by atoms with Crippen molar-refractivity contribution in [3.63, 3.8) is 0 Å². The molecule has 1 saturated heterocycles. The van der Waals surface area contributed by atoms with E-state index in [0.717, 1.165) is 13.2 Å². The fourth-order valence-electron chi connectivity index (χ4n) is 13.3. The average molecular weight is 1720 g/mol. The molecule has 0 aromatic heterocycles. The number of halogens is 5. The lowest BCUT2D eigenvalue weighted by Crippen LogP contribution is -3.00. The summed E-state index contributed by atoms with van der Waals surface area (Å²) in [6, 6.07) is 105. The molecule has 8 heteroatoms. The Morgan fingerprint density at radius 1 is 0.333 bits per heavy atom. The molecule has 0 spiro atoms. The molecule has 0 bridgehead atoms. The Labute approximate surface area is 597 Å². The summed E-state index contributed by atoms with van der Waals surface area (Å²) in [5, 5.41) is 33.1. The average Bonchev–Trinajstić information content (AvgIpc) is 0.972. The van der Waals surface area contributed by atoms with E-state index in [1.165, 1.54) is 178 Å². The monoisotopic (exact) mass is 1720 g/mol. The van der Waals surface area contributed by atoms with Crippen LogP contribution in [0.15, 0.2) is 290 Å². The van der Waals surface area contributed by atoms with Gasteiger partial charge in [-0.05, 0) is 178 Å². The van der Waals surface area contributed by atoms with Crippen LogP contribution in [0, 0.1) is 0 Å². The number of hydrogen-bond acceptors (Lipinski definition) is 1. The summed E-state index contributed by atoms with van der Waals surface area (Å²) in [6.45, 7) is 2.00. The van der Waals surface area contributed by atoms with E-state index in [-0.39, 0.29) is 24.0 Å². The summed E-state index contributed by atoms with van der Waals surface area (Å²) in [4.78, 5) is 0. The van der Waals surface area contributed by atoms with Crippen molar-refractivity contribution in [2.24, 2.45) is 0 Å². The molecule has 0 unspecified atom stereocenters. The summed E-state index contributed by atoms with van der Waals surface area (Å²) in [5.74, 6) is 0. The van der Waals surface area contributed by atoms with Crippen LogP contribution in [-0.2, 0) is 4.74 Å². The van der Waals surface area contributed by atoms with E-state index >= 15 is 0 Å². The third-order valence-electron chi connectivity index (χ3n) is 17.3. The third-order valence-corrected chi connectivity index (χ3v) is 27.3. The molecule has 16 aromatic carbocycles. The first-order valence-electron chi connectivity index (χ1n) is 30.8. The van der Waals surface area contributed by atoms with E-state index < -0.39 is 15.2 Å². The second kappa shape index (κ2) is 30.7. The van der Waals surface area contributed by atoms with E-state index in [4.69, 9.17) is 4.74 Å². The number of ether oxygens (including phenoxy) is 1. The molecule has 90 heavy (non-hydrogen) atoms. The van der Waals surface area contributed by atoms with Crippen molar-refractivity contribution in [2.45, 2.75) is 25.7 Å². The minimum absolute atomic E-state index is 0. The van der Waals surface area contributed by atoms with Gasteiger partial charge < -0.3 is 28.7 Å². The fourth-order valence-corrected chi connectivity index (χ4v) is 23.9. The molecule has 1 fully saturated rings. The molecule has 446 valence electrons. The predicted molar refractivity (Wildman–Crippen MR) is 426 cm³/mol. The molecule has 1 nitrogen and oxygen atoms in total. The second-order valence-electron chi connectivity index (χ2n) is 22.6. The lowest BCUT2D eigenvalue weighted by molar-refractivity contribution is -0.0000166. The van der Waals surface area contributed by atoms with Crippen LogP contribution in [0.25, 0.3) is 97.0 Å². The van der Waals surface area contributed by atoms with E-state index in [2.05, 4.69) is 369 Å². The Bertz CT molecular complexity index is 4820. The number of rotatable bonds is 11. The zero-order valence-corrected chi connectivity index (χ0v) is 61.9. The van der Waals surface area contributed by atoms with Gasteiger partial charge in [0.25, 0.3) is 0 Å². The minimum atomic E-state index is -1.83. The largest absolute Gasteiger partial charge is 1.00 e. The van der Waals surface area contributed by atoms with Gasteiger partial charge in [0.1, 0.15) is 23.2 Å². The number of benzene rings is 16. The maximum atomic E-state index is 4.94. The van der Waals surface area contributed by atoms with Crippen molar-refractivity contribution in [2.75, 3.05) is 32.7 Å². The first-order chi connectivity index (χ1) is 44.0. The summed E-state index contributed by atoms with van der Waals surface area (Å²) >= 11 is 10.9. The molecule has 1 aliphatic heterocycles. The smallest absolute Gasteiger partial charge is 0.112 e. The van der Waals surface area contributed by atoms with Crippen LogP contribution in [0.5, 0.6) is 0 Å². The number of alkyl halides is 3. The molecule has 16 aromatic rings. The van der Waals surface area contributed by atoms with Crippen molar-refractivity contribution >= 4 is 228 Å². The lowest BCUT2D eigenvalue weighted by Gasteiger charge is -2.29. The third kappa shape index (κ3) is 13.4. The maximum Gasteiger partial charge on any atom is 0.112 e. The highest BCUT2D eigenvalue weighted by Crippen LogP contribution is 2.58. The van der Waals surface area contributed by atoms with Crippen molar-refractivity contribution in [3.8, 4) is 0 Å². The molecule has 0 saturated carbocycles. The Kier molecular flexibility index (Phi) is 22.2. The van der Waals surface area contributed by atoms with Crippen LogP contribution >= 0.6 is 98.9 Å². The highest BCUT2D eigenvalue weighted by Gasteiger charge is 2.46. The van der Waals surface area contributed by atoms with Gasteiger partial charge in [0.2, 0.25) is 0 Å². The molecular formula is C82H67BrI4OP2. The molecule has 1 aliphatic rings. The van der Waals surface area contributed by atoms with E-state index in [0.29, 0.717) is 0 Å². The zero-order chi connectivity index (χ0) is 60.5. The van der Waals surface area contributed by atoms with E-state index in [1.54, 1.807) is 0 Å². The Balaban J connectivity index is 0.000000125. The van der Waals surface area contributed by atoms with Gasteiger partial charge in [-0.15, -0.1) is 0 Å². The fraction of sp³-hybridized carbons (Fsp3) is 0.122. The molecule has 17 rings (SSSR count). The van der Waals surface area contributed by atoms with Crippen molar-refractivity contribution in [1.82, 2.24) is 0 Å². The van der Waals surface area contributed by atoms with E-state index in [9.17, 15) is 0 Å². The SMILES string of the molecule is Brc1ccc2ccc3cccc4ccc1c2c34.C1CCOC1.ICCCI.ICCC[P+](c1ccccc1)(c1ccccc1)c1ccc2ccc3cccc4ccc1c2c34.[I-].c1ccc(P(c2ccccc2)c2ccc3ccc4cccc5ccc2c3c45)cc1. The van der Waals surface area contributed by atoms with Gasteiger partial charge in [0, 0.05) is 41.7 Å². The molecule has 0 N–H and O–H groups in total. The highest BCUT2D eigenvalue weighted by atomic mass is 127. The topological polar surface area (TPSA) is 9.23 Å².